The average Bonchev–Trinajstić information content (AvgIpc) is 2.70. The Labute approximate surface area is 122 Å². The summed E-state index contributed by atoms with van der Waals surface area (Å²) >= 11 is 1.97. The molecule has 3 heteroatoms. The van der Waals surface area contributed by atoms with Crippen LogP contribution < -0.4 is 5.32 Å². The summed E-state index contributed by atoms with van der Waals surface area (Å²) in [6.45, 7) is 12.7. The SMILES string of the molecule is CCCNCc1cc(CN2CCCC(C)C2)c(C)s1. The van der Waals surface area contributed by atoms with Crippen LogP contribution >= 0.6 is 11.3 Å². The summed E-state index contributed by atoms with van der Waals surface area (Å²) in [7, 11) is 0. The summed E-state index contributed by atoms with van der Waals surface area (Å²) in [5.41, 5.74) is 1.55. The van der Waals surface area contributed by atoms with Crippen molar-refractivity contribution in [3.63, 3.8) is 0 Å². The highest BCUT2D eigenvalue weighted by Gasteiger charge is 2.17. The number of hydrogen-bond donors (Lipinski definition) is 1. The molecule has 0 aromatic carbocycles. The quantitative estimate of drug-likeness (QED) is 0.798. The van der Waals surface area contributed by atoms with Gasteiger partial charge in [0.25, 0.3) is 0 Å². The minimum atomic E-state index is 0.874. The molecule has 0 spiro atoms. The maximum absolute atomic E-state index is 3.50. The monoisotopic (exact) mass is 280 g/mol. The third-order valence-corrected chi connectivity index (χ3v) is 5.03. The van der Waals surface area contributed by atoms with Crippen molar-refractivity contribution >= 4 is 11.3 Å². The van der Waals surface area contributed by atoms with E-state index in [0.29, 0.717) is 0 Å². The molecule has 19 heavy (non-hydrogen) atoms. The van der Waals surface area contributed by atoms with Crippen molar-refractivity contribution in [1.29, 1.82) is 0 Å². The summed E-state index contributed by atoms with van der Waals surface area (Å²) in [4.78, 5) is 5.63. The van der Waals surface area contributed by atoms with E-state index in [2.05, 4.69) is 37.1 Å². The fraction of sp³-hybridized carbons (Fsp3) is 0.750. The molecule has 1 unspecified atom stereocenters. The first-order valence-corrected chi connectivity index (χ1v) is 8.52. The second-order valence-corrected chi connectivity index (χ2v) is 7.29. The van der Waals surface area contributed by atoms with E-state index in [0.717, 1.165) is 25.6 Å². The second kappa shape index (κ2) is 7.41. The van der Waals surface area contributed by atoms with Crippen LogP contribution in [0.1, 0.15) is 48.4 Å². The van der Waals surface area contributed by atoms with Crippen molar-refractivity contribution in [3.8, 4) is 0 Å². The first kappa shape index (κ1) is 15.0. The Kier molecular flexibility index (Phi) is 5.86. The fourth-order valence-corrected chi connectivity index (χ4v) is 3.91. The van der Waals surface area contributed by atoms with Crippen LogP contribution in [0, 0.1) is 12.8 Å². The highest BCUT2D eigenvalue weighted by molar-refractivity contribution is 7.12. The van der Waals surface area contributed by atoms with Crippen molar-refractivity contribution in [3.05, 3.63) is 21.4 Å². The first-order chi connectivity index (χ1) is 9.19. The molecule has 1 N–H and O–H groups in total. The van der Waals surface area contributed by atoms with Crippen LogP contribution in [0.3, 0.4) is 0 Å². The second-order valence-electron chi connectivity index (χ2n) is 5.95. The highest BCUT2D eigenvalue weighted by atomic mass is 32.1. The minimum Gasteiger partial charge on any atom is -0.312 e. The summed E-state index contributed by atoms with van der Waals surface area (Å²) in [6.07, 6.45) is 3.99. The smallest absolute Gasteiger partial charge is 0.0299 e. The van der Waals surface area contributed by atoms with Gasteiger partial charge >= 0.3 is 0 Å². The molecule has 1 aromatic rings. The van der Waals surface area contributed by atoms with E-state index < -0.39 is 0 Å². The van der Waals surface area contributed by atoms with Gasteiger partial charge in [0.05, 0.1) is 0 Å². The molecular weight excluding hydrogens is 252 g/mol. The lowest BCUT2D eigenvalue weighted by molar-refractivity contribution is 0.176. The summed E-state index contributed by atoms with van der Waals surface area (Å²) in [5, 5.41) is 3.50. The summed E-state index contributed by atoms with van der Waals surface area (Å²) in [5.74, 6) is 0.874. The van der Waals surface area contributed by atoms with Gasteiger partial charge in [0.15, 0.2) is 0 Å². The van der Waals surface area contributed by atoms with Gasteiger partial charge in [0.1, 0.15) is 0 Å². The maximum Gasteiger partial charge on any atom is 0.0299 e. The Bertz CT molecular complexity index is 386. The molecule has 1 aliphatic rings. The topological polar surface area (TPSA) is 15.3 Å². The van der Waals surface area contributed by atoms with Gasteiger partial charge in [-0.3, -0.25) is 4.90 Å². The number of nitrogens with one attached hydrogen (secondary N) is 1. The molecule has 2 nitrogen and oxygen atoms in total. The van der Waals surface area contributed by atoms with Gasteiger partial charge in [-0.2, -0.15) is 0 Å². The number of thiophene rings is 1. The molecule has 0 radical (unpaired) electrons. The molecule has 0 aliphatic carbocycles. The van der Waals surface area contributed by atoms with Gasteiger partial charge in [-0.15, -0.1) is 11.3 Å². The Morgan fingerprint density at radius 1 is 1.47 bits per heavy atom. The lowest BCUT2D eigenvalue weighted by Crippen LogP contribution is -2.33. The molecule has 0 amide bonds. The number of likely N-dealkylation sites (tertiary alicyclic amines) is 1. The molecule has 1 atom stereocenters. The van der Waals surface area contributed by atoms with Crippen LogP contribution in [-0.4, -0.2) is 24.5 Å². The number of nitrogens with zero attached hydrogens (tertiary/aromatic N) is 1. The van der Waals surface area contributed by atoms with Crippen molar-refractivity contribution in [2.24, 2.45) is 5.92 Å². The van der Waals surface area contributed by atoms with Gasteiger partial charge in [-0.05, 0) is 56.8 Å². The summed E-state index contributed by atoms with van der Waals surface area (Å²) in [6, 6.07) is 2.42. The van der Waals surface area contributed by atoms with Crippen LogP contribution in [0.15, 0.2) is 6.07 Å². The van der Waals surface area contributed by atoms with E-state index in [1.54, 1.807) is 5.56 Å². The summed E-state index contributed by atoms with van der Waals surface area (Å²) < 4.78 is 0. The zero-order chi connectivity index (χ0) is 13.7. The predicted molar refractivity (Wildman–Crippen MR) is 84.7 cm³/mol. The molecule has 108 valence electrons. The standard InChI is InChI=1S/C16H28N2S/c1-4-7-17-10-16-9-15(14(3)19-16)12-18-8-5-6-13(2)11-18/h9,13,17H,4-8,10-12H2,1-3H3. The fourth-order valence-electron chi connectivity index (χ4n) is 2.89. The number of hydrogen-bond acceptors (Lipinski definition) is 3. The Morgan fingerprint density at radius 3 is 3.05 bits per heavy atom. The van der Waals surface area contributed by atoms with E-state index in [-0.39, 0.29) is 0 Å². The van der Waals surface area contributed by atoms with Crippen molar-refractivity contribution in [2.75, 3.05) is 19.6 Å². The highest BCUT2D eigenvalue weighted by Crippen LogP contribution is 2.25. The molecule has 0 bridgehead atoms. The molecule has 1 aliphatic heterocycles. The van der Waals surface area contributed by atoms with Crippen LogP contribution in [0.4, 0.5) is 0 Å². The molecule has 2 rings (SSSR count). The molecule has 1 saturated heterocycles. The van der Waals surface area contributed by atoms with E-state index in [1.165, 1.54) is 42.1 Å². The maximum atomic E-state index is 3.50. The Balaban J connectivity index is 1.89. The molecule has 1 fully saturated rings. The van der Waals surface area contributed by atoms with Gasteiger partial charge in [-0.1, -0.05) is 13.8 Å². The van der Waals surface area contributed by atoms with E-state index in [4.69, 9.17) is 0 Å². The molecule has 0 saturated carbocycles. The lowest BCUT2D eigenvalue weighted by atomic mass is 10.00. The predicted octanol–water partition coefficient (Wildman–Crippen LogP) is 3.79. The van der Waals surface area contributed by atoms with E-state index in [9.17, 15) is 0 Å². The third kappa shape index (κ3) is 4.59. The lowest BCUT2D eigenvalue weighted by Gasteiger charge is -2.30. The third-order valence-electron chi connectivity index (χ3n) is 3.93. The normalized spacial score (nSPS) is 20.9. The minimum absolute atomic E-state index is 0.874. The van der Waals surface area contributed by atoms with Gasteiger partial charge < -0.3 is 5.32 Å². The number of rotatable bonds is 6. The first-order valence-electron chi connectivity index (χ1n) is 7.70. The van der Waals surface area contributed by atoms with Crippen molar-refractivity contribution < 1.29 is 0 Å². The van der Waals surface area contributed by atoms with Crippen LogP contribution in [0.25, 0.3) is 0 Å². The Morgan fingerprint density at radius 2 is 2.32 bits per heavy atom. The number of aryl methyl sites for hydroxylation is 1. The zero-order valence-corrected chi connectivity index (χ0v) is 13.5. The average molecular weight is 280 g/mol. The zero-order valence-electron chi connectivity index (χ0n) is 12.7. The van der Waals surface area contributed by atoms with Crippen LogP contribution in [0.2, 0.25) is 0 Å². The number of piperidine rings is 1. The van der Waals surface area contributed by atoms with Crippen molar-refractivity contribution in [1.82, 2.24) is 10.2 Å². The molecule has 2 heterocycles. The van der Waals surface area contributed by atoms with E-state index >= 15 is 0 Å². The van der Waals surface area contributed by atoms with Crippen LogP contribution in [0.5, 0.6) is 0 Å². The molecule has 1 aromatic heterocycles. The van der Waals surface area contributed by atoms with Gasteiger partial charge in [0, 0.05) is 29.4 Å². The van der Waals surface area contributed by atoms with Gasteiger partial charge in [-0.25, -0.2) is 0 Å². The largest absolute Gasteiger partial charge is 0.312 e. The van der Waals surface area contributed by atoms with Gasteiger partial charge in [0.2, 0.25) is 0 Å². The van der Waals surface area contributed by atoms with E-state index in [1.807, 2.05) is 11.3 Å². The molecular formula is C16H28N2S. The van der Waals surface area contributed by atoms with Crippen LogP contribution in [-0.2, 0) is 13.1 Å². The Hall–Kier alpha value is -0.380. The van der Waals surface area contributed by atoms with Crippen molar-refractivity contribution in [2.45, 2.75) is 53.1 Å².